The van der Waals surface area contributed by atoms with Gasteiger partial charge in [0.15, 0.2) is 0 Å². The molecule has 0 aromatic carbocycles. The van der Waals surface area contributed by atoms with Crippen LogP contribution in [0.2, 0.25) is 0 Å². The van der Waals surface area contributed by atoms with Crippen LogP contribution in [-0.4, -0.2) is 22.4 Å². The van der Waals surface area contributed by atoms with Gasteiger partial charge in [-0.15, -0.1) is 0 Å². The molecule has 0 saturated carbocycles. The maximum absolute atomic E-state index is 8.55. The Balaban J connectivity index is 0. The molecule has 0 heterocycles. The van der Waals surface area contributed by atoms with E-state index in [0.29, 0.717) is 0 Å². The largest absolute Gasteiger partial charge is 0.394 e. The van der Waals surface area contributed by atoms with Crippen LogP contribution >= 0.6 is 0 Å². The van der Waals surface area contributed by atoms with Gasteiger partial charge in [-0.3, -0.25) is 0 Å². The average molecular weight is 148 g/mol. The molecule has 0 aliphatic rings. The first-order valence-corrected chi connectivity index (χ1v) is 3.86. The second kappa shape index (κ2) is 8.92. The minimum Gasteiger partial charge on any atom is -0.394 e. The summed E-state index contributed by atoms with van der Waals surface area (Å²) in [5.41, 5.74) is 0. The lowest BCUT2D eigenvalue weighted by molar-refractivity contribution is 0.183. The molecule has 0 bridgehead atoms. The summed E-state index contributed by atoms with van der Waals surface area (Å²) >= 11 is 0. The Morgan fingerprint density at radius 3 is 1.40 bits per heavy atom. The van der Waals surface area contributed by atoms with E-state index in [1.807, 2.05) is 6.92 Å². The Morgan fingerprint density at radius 2 is 1.40 bits per heavy atom. The molecule has 0 radical (unpaired) electrons. The van der Waals surface area contributed by atoms with Crippen LogP contribution in [-0.2, 0) is 0 Å². The number of hydrogen-bond donors (Lipinski definition) is 2. The number of hydrogen-bond acceptors (Lipinski definition) is 2. The van der Waals surface area contributed by atoms with Crippen molar-refractivity contribution in [3.63, 3.8) is 0 Å². The van der Waals surface area contributed by atoms with Gasteiger partial charge in [-0.05, 0) is 27.2 Å². The van der Waals surface area contributed by atoms with Crippen LogP contribution in [0.3, 0.4) is 0 Å². The highest BCUT2D eigenvalue weighted by Crippen LogP contribution is 1.91. The van der Waals surface area contributed by atoms with Crippen molar-refractivity contribution >= 4 is 0 Å². The van der Waals surface area contributed by atoms with Gasteiger partial charge in [-0.25, -0.2) is 0 Å². The van der Waals surface area contributed by atoms with E-state index < -0.39 is 0 Å². The van der Waals surface area contributed by atoms with Crippen LogP contribution in [0.1, 0.15) is 40.5 Å². The van der Waals surface area contributed by atoms with E-state index in [2.05, 4.69) is 6.92 Å². The summed E-state index contributed by atoms with van der Waals surface area (Å²) in [6.07, 6.45) is 1.74. The Labute approximate surface area is 63.9 Å². The van der Waals surface area contributed by atoms with Gasteiger partial charge >= 0.3 is 0 Å². The molecule has 1 atom stereocenters. The normalized spacial score (nSPS) is 12.3. The Kier molecular flexibility index (Phi) is 11.2. The molecule has 2 heteroatoms. The predicted molar refractivity (Wildman–Crippen MR) is 43.9 cm³/mol. The average Bonchev–Trinajstić information content (AvgIpc) is 1.62. The monoisotopic (exact) mass is 148 g/mol. The van der Waals surface area contributed by atoms with Crippen LogP contribution in [0.5, 0.6) is 0 Å². The van der Waals surface area contributed by atoms with E-state index in [1.54, 1.807) is 13.8 Å². The first kappa shape index (κ1) is 12.6. The number of aliphatic hydroxyl groups is 2. The zero-order chi connectivity index (χ0) is 8.57. The minimum absolute atomic E-state index is 0.102. The SMILES string of the molecule is CC(C)O.CCCC(C)O. The number of aliphatic hydroxyl groups excluding tert-OH is 2. The van der Waals surface area contributed by atoms with Crippen LogP contribution in [0.25, 0.3) is 0 Å². The molecule has 0 saturated heterocycles. The highest BCUT2D eigenvalue weighted by Gasteiger charge is 1.87. The number of rotatable bonds is 2. The van der Waals surface area contributed by atoms with Gasteiger partial charge < -0.3 is 10.2 Å². The van der Waals surface area contributed by atoms with Gasteiger partial charge in [0.25, 0.3) is 0 Å². The van der Waals surface area contributed by atoms with Gasteiger partial charge in [-0.1, -0.05) is 13.3 Å². The Morgan fingerprint density at radius 1 is 1.10 bits per heavy atom. The molecule has 0 aliphatic carbocycles. The molecule has 0 aromatic rings. The molecular weight excluding hydrogens is 128 g/mol. The Hall–Kier alpha value is -0.0800. The first-order chi connectivity index (χ1) is 4.50. The highest BCUT2D eigenvalue weighted by atomic mass is 16.3. The van der Waals surface area contributed by atoms with E-state index >= 15 is 0 Å². The van der Waals surface area contributed by atoms with E-state index in [0.717, 1.165) is 12.8 Å². The topological polar surface area (TPSA) is 40.5 Å². The van der Waals surface area contributed by atoms with Crippen molar-refractivity contribution in [1.82, 2.24) is 0 Å². The van der Waals surface area contributed by atoms with Crippen molar-refractivity contribution < 1.29 is 10.2 Å². The molecule has 10 heavy (non-hydrogen) atoms. The van der Waals surface area contributed by atoms with Crippen molar-refractivity contribution in [2.24, 2.45) is 0 Å². The molecule has 0 amide bonds. The molecule has 0 spiro atoms. The van der Waals surface area contributed by atoms with Crippen LogP contribution < -0.4 is 0 Å². The molecule has 0 aliphatic heterocycles. The van der Waals surface area contributed by atoms with Crippen molar-refractivity contribution in [1.29, 1.82) is 0 Å². The molecule has 64 valence electrons. The maximum atomic E-state index is 8.55. The minimum atomic E-state index is -0.167. The second-order valence-corrected chi connectivity index (χ2v) is 2.73. The van der Waals surface area contributed by atoms with Crippen molar-refractivity contribution in [2.75, 3.05) is 0 Å². The fraction of sp³-hybridized carbons (Fsp3) is 1.00. The quantitative estimate of drug-likeness (QED) is 0.624. The molecule has 2 N–H and O–H groups in total. The fourth-order valence-electron chi connectivity index (χ4n) is 0.418. The van der Waals surface area contributed by atoms with Gasteiger partial charge in [0.2, 0.25) is 0 Å². The molecule has 0 fully saturated rings. The third-order valence-electron chi connectivity index (χ3n) is 0.706. The van der Waals surface area contributed by atoms with E-state index in [9.17, 15) is 0 Å². The van der Waals surface area contributed by atoms with E-state index in [-0.39, 0.29) is 12.2 Å². The summed E-state index contributed by atoms with van der Waals surface area (Å²) in [5.74, 6) is 0. The summed E-state index contributed by atoms with van der Waals surface area (Å²) in [4.78, 5) is 0. The lowest BCUT2D eigenvalue weighted by Gasteiger charge is -1.95. The molecular formula is C8H20O2. The van der Waals surface area contributed by atoms with Gasteiger partial charge in [0, 0.05) is 6.10 Å². The summed E-state index contributed by atoms with van der Waals surface area (Å²) in [5, 5.41) is 16.6. The van der Waals surface area contributed by atoms with E-state index in [1.165, 1.54) is 0 Å². The lowest BCUT2D eigenvalue weighted by Crippen LogP contribution is -1.95. The highest BCUT2D eigenvalue weighted by molar-refractivity contribution is 4.40. The van der Waals surface area contributed by atoms with Crippen molar-refractivity contribution in [3.05, 3.63) is 0 Å². The van der Waals surface area contributed by atoms with Gasteiger partial charge in [0.05, 0.1) is 6.10 Å². The third kappa shape index (κ3) is 44.5. The molecule has 2 nitrogen and oxygen atoms in total. The Bertz CT molecular complexity index is 48.5. The van der Waals surface area contributed by atoms with Gasteiger partial charge in [-0.2, -0.15) is 0 Å². The fourth-order valence-corrected chi connectivity index (χ4v) is 0.418. The van der Waals surface area contributed by atoms with Gasteiger partial charge in [0.1, 0.15) is 0 Å². The summed E-state index contributed by atoms with van der Waals surface area (Å²) in [7, 11) is 0. The summed E-state index contributed by atoms with van der Waals surface area (Å²) in [6.45, 7) is 7.32. The zero-order valence-corrected chi connectivity index (χ0v) is 7.46. The lowest BCUT2D eigenvalue weighted by atomic mass is 10.2. The molecule has 0 aromatic heterocycles. The summed E-state index contributed by atoms with van der Waals surface area (Å²) in [6, 6.07) is 0. The third-order valence-corrected chi connectivity index (χ3v) is 0.706. The standard InChI is InChI=1S/C5H12O.C3H8O/c1-3-4-5(2)6;1-3(2)4/h5-6H,3-4H2,1-2H3;3-4H,1-2H3. The smallest absolute Gasteiger partial charge is 0.0512 e. The molecule has 1 unspecified atom stereocenters. The molecule has 0 rings (SSSR count). The zero-order valence-electron chi connectivity index (χ0n) is 7.46. The summed E-state index contributed by atoms with van der Waals surface area (Å²) < 4.78 is 0. The second-order valence-electron chi connectivity index (χ2n) is 2.73. The van der Waals surface area contributed by atoms with Crippen molar-refractivity contribution in [2.45, 2.75) is 52.7 Å². The first-order valence-electron chi connectivity index (χ1n) is 3.86. The van der Waals surface area contributed by atoms with E-state index in [4.69, 9.17) is 10.2 Å². The van der Waals surface area contributed by atoms with Crippen LogP contribution in [0, 0.1) is 0 Å². The van der Waals surface area contributed by atoms with Crippen LogP contribution in [0.15, 0.2) is 0 Å². The van der Waals surface area contributed by atoms with Crippen LogP contribution in [0.4, 0.5) is 0 Å². The predicted octanol–water partition coefficient (Wildman–Crippen LogP) is 1.55. The maximum Gasteiger partial charge on any atom is 0.0512 e. The van der Waals surface area contributed by atoms with Crippen molar-refractivity contribution in [3.8, 4) is 0 Å².